The van der Waals surface area contributed by atoms with Crippen molar-refractivity contribution in [3.05, 3.63) is 24.3 Å². The summed E-state index contributed by atoms with van der Waals surface area (Å²) in [5.41, 5.74) is 5.63. The number of aliphatic imine (C=N–C) groups is 1. The van der Waals surface area contributed by atoms with E-state index in [2.05, 4.69) is 27.1 Å². The fraction of sp³-hybridized carbons (Fsp3) is 0. The number of primary amides is 1. The predicted molar refractivity (Wildman–Crippen MR) is 59.7 cm³/mol. The van der Waals surface area contributed by atoms with Crippen LogP contribution in [-0.2, 0) is 0 Å². The van der Waals surface area contributed by atoms with Crippen LogP contribution in [0.2, 0.25) is 0 Å². The molecule has 1 aromatic rings. The van der Waals surface area contributed by atoms with Crippen LogP contribution in [0.1, 0.15) is 0 Å². The number of urea groups is 1. The van der Waals surface area contributed by atoms with Crippen LogP contribution in [0.3, 0.4) is 0 Å². The van der Waals surface area contributed by atoms with E-state index in [4.69, 9.17) is 5.73 Å². The minimum atomic E-state index is -0.573. The van der Waals surface area contributed by atoms with Crippen LogP contribution >= 0.6 is 24.2 Å². The van der Waals surface area contributed by atoms with E-state index in [1.54, 1.807) is 24.3 Å². The van der Waals surface area contributed by atoms with Crippen molar-refractivity contribution in [3.63, 3.8) is 0 Å². The molecule has 0 radical (unpaired) electrons. The Morgan fingerprint density at radius 3 is 2.64 bits per heavy atom. The van der Waals surface area contributed by atoms with Crippen molar-refractivity contribution in [2.45, 2.75) is 4.90 Å². The summed E-state index contributed by atoms with van der Waals surface area (Å²) in [6.45, 7) is 0. The number of rotatable bonds is 3. The Kier molecular flexibility index (Phi) is 4.12. The Balaban J connectivity index is 2.63. The Labute approximate surface area is 90.7 Å². The average molecular weight is 225 g/mol. The van der Waals surface area contributed by atoms with E-state index in [0.717, 1.165) is 22.5 Å². The molecule has 0 aliphatic rings. The summed E-state index contributed by atoms with van der Waals surface area (Å²) < 4.78 is 2.40. The lowest BCUT2D eigenvalue weighted by Gasteiger charge is -2.00. The van der Waals surface area contributed by atoms with Crippen molar-refractivity contribution < 1.29 is 4.79 Å². The van der Waals surface area contributed by atoms with Crippen molar-refractivity contribution in [1.29, 1.82) is 0 Å². The zero-order valence-corrected chi connectivity index (χ0v) is 8.69. The number of isothiocyanates is 1. The van der Waals surface area contributed by atoms with Crippen molar-refractivity contribution in [2.75, 3.05) is 0 Å². The highest BCUT2D eigenvalue weighted by molar-refractivity contribution is 7.98. The topological polar surface area (TPSA) is 67.5 Å². The first-order chi connectivity index (χ1) is 6.72. The standard InChI is InChI=1S/C8H7N3OS2/c9-8(12)11-14-7-3-1-6(2-4-7)10-5-13/h1-4H,(H3,9,11,12). The molecule has 0 unspecified atom stereocenters. The lowest BCUT2D eigenvalue weighted by Crippen LogP contribution is -2.22. The maximum atomic E-state index is 10.4. The second kappa shape index (κ2) is 5.39. The molecule has 0 aliphatic carbocycles. The van der Waals surface area contributed by atoms with Gasteiger partial charge in [0.2, 0.25) is 0 Å². The molecule has 3 N–H and O–H groups in total. The molecule has 14 heavy (non-hydrogen) atoms. The van der Waals surface area contributed by atoms with Crippen LogP contribution in [0.4, 0.5) is 10.5 Å². The van der Waals surface area contributed by atoms with Crippen molar-refractivity contribution >= 4 is 41.0 Å². The molecule has 0 saturated carbocycles. The highest BCUT2D eigenvalue weighted by atomic mass is 32.2. The summed E-state index contributed by atoms with van der Waals surface area (Å²) in [4.78, 5) is 15.0. The van der Waals surface area contributed by atoms with Gasteiger partial charge in [-0.05, 0) is 48.4 Å². The van der Waals surface area contributed by atoms with Crippen molar-refractivity contribution in [2.24, 2.45) is 10.7 Å². The van der Waals surface area contributed by atoms with Gasteiger partial charge in [-0.1, -0.05) is 0 Å². The Bertz CT molecular complexity index is 371. The lowest BCUT2D eigenvalue weighted by atomic mass is 10.3. The fourth-order valence-corrected chi connectivity index (χ4v) is 1.35. The number of nitrogens with one attached hydrogen (secondary N) is 1. The molecule has 4 nitrogen and oxygen atoms in total. The van der Waals surface area contributed by atoms with E-state index in [1.807, 2.05) is 0 Å². The van der Waals surface area contributed by atoms with Gasteiger partial charge in [-0.15, -0.1) is 0 Å². The van der Waals surface area contributed by atoms with Crippen LogP contribution in [0.15, 0.2) is 34.2 Å². The van der Waals surface area contributed by atoms with Crippen LogP contribution in [0.5, 0.6) is 0 Å². The second-order valence-corrected chi connectivity index (χ2v) is 3.33. The summed E-state index contributed by atoms with van der Waals surface area (Å²) in [5, 5.41) is 2.27. The van der Waals surface area contributed by atoms with E-state index in [0.29, 0.717) is 0 Å². The number of amides is 2. The van der Waals surface area contributed by atoms with Gasteiger partial charge >= 0.3 is 6.03 Å². The molecule has 0 fully saturated rings. The number of thiocarbonyl (C=S) groups is 1. The maximum Gasteiger partial charge on any atom is 0.322 e. The van der Waals surface area contributed by atoms with Gasteiger partial charge in [0.25, 0.3) is 0 Å². The number of hydrogen-bond acceptors (Lipinski definition) is 4. The molecule has 0 bridgehead atoms. The summed E-state index contributed by atoms with van der Waals surface area (Å²) in [6.07, 6.45) is 0. The zero-order chi connectivity index (χ0) is 10.4. The maximum absolute atomic E-state index is 10.4. The monoisotopic (exact) mass is 225 g/mol. The third-order valence-electron chi connectivity index (χ3n) is 1.28. The van der Waals surface area contributed by atoms with Crippen LogP contribution < -0.4 is 10.5 Å². The number of carbonyl (C=O) groups is 1. The zero-order valence-electron chi connectivity index (χ0n) is 7.06. The number of hydrogen-bond donors (Lipinski definition) is 2. The normalized spacial score (nSPS) is 8.86. The van der Waals surface area contributed by atoms with Crippen molar-refractivity contribution in [1.82, 2.24) is 4.72 Å². The number of benzene rings is 1. The van der Waals surface area contributed by atoms with Gasteiger partial charge < -0.3 is 5.73 Å². The van der Waals surface area contributed by atoms with Gasteiger partial charge in [0.05, 0.1) is 10.8 Å². The smallest absolute Gasteiger partial charge is 0.322 e. The van der Waals surface area contributed by atoms with Gasteiger partial charge in [0.1, 0.15) is 0 Å². The molecular formula is C8H7N3OS2. The predicted octanol–water partition coefficient (Wildman–Crippen LogP) is 2.10. The molecule has 0 atom stereocenters. The molecule has 0 heterocycles. The quantitative estimate of drug-likeness (QED) is 0.470. The summed E-state index contributed by atoms with van der Waals surface area (Å²) >= 11 is 5.60. The molecule has 72 valence electrons. The highest BCUT2D eigenvalue weighted by Crippen LogP contribution is 2.18. The largest absolute Gasteiger partial charge is 0.351 e. The molecule has 1 aromatic carbocycles. The number of nitrogens with two attached hydrogens (primary N) is 1. The van der Waals surface area contributed by atoms with E-state index in [-0.39, 0.29) is 0 Å². The summed E-state index contributed by atoms with van der Waals surface area (Å²) in [7, 11) is 0. The van der Waals surface area contributed by atoms with Crippen LogP contribution in [0, 0.1) is 0 Å². The Hall–Kier alpha value is -1.36. The van der Waals surface area contributed by atoms with E-state index in [9.17, 15) is 4.79 Å². The molecule has 0 aromatic heterocycles. The third kappa shape index (κ3) is 3.57. The molecular weight excluding hydrogens is 218 g/mol. The molecule has 6 heteroatoms. The van der Waals surface area contributed by atoms with Gasteiger partial charge in [0, 0.05) is 4.90 Å². The van der Waals surface area contributed by atoms with Gasteiger partial charge in [-0.25, -0.2) is 4.79 Å². The molecule has 0 aliphatic heterocycles. The Morgan fingerprint density at radius 1 is 1.50 bits per heavy atom. The molecule has 0 spiro atoms. The first-order valence-electron chi connectivity index (χ1n) is 3.62. The SMILES string of the molecule is NC(=O)NSc1ccc(N=C=S)cc1. The average Bonchev–Trinajstić information content (AvgIpc) is 2.17. The molecule has 2 amide bonds. The first kappa shape index (κ1) is 10.7. The minimum Gasteiger partial charge on any atom is -0.351 e. The first-order valence-corrected chi connectivity index (χ1v) is 4.85. The van der Waals surface area contributed by atoms with E-state index >= 15 is 0 Å². The van der Waals surface area contributed by atoms with Crippen LogP contribution in [-0.4, -0.2) is 11.2 Å². The summed E-state index contributed by atoms with van der Waals surface area (Å²) in [6, 6.07) is 6.56. The summed E-state index contributed by atoms with van der Waals surface area (Å²) in [5.74, 6) is 0. The van der Waals surface area contributed by atoms with Crippen molar-refractivity contribution in [3.8, 4) is 0 Å². The molecule has 1 rings (SSSR count). The number of carbonyl (C=O) groups excluding carboxylic acids is 1. The second-order valence-electron chi connectivity index (χ2n) is 2.27. The van der Waals surface area contributed by atoms with E-state index in [1.165, 1.54) is 0 Å². The lowest BCUT2D eigenvalue weighted by molar-refractivity contribution is 0.254. The number of nitrogens with zero attached hydrogens (tertiary/aromatic N) is 1. The minimum absolute atomic E-state index is 0.573. The van der Waals surface area contributed by atoms with Gasteiger partial charge in [-0.3, -0.25) is 4.72 Å². The molecule has 0 saturated heterocycles. The van der Waals surface area contributed by atoms with E-state index < -0.39 is 6.03 Å². The highest BCUT2D eigenvalue weighted by Gasteiger charge is 1.95. The fourth-order valence-electron chi connectivity index (χ4n) is 0.751. The third-order valence-corrected chi connectivity index (χ3v) is 2.18. The Morgan fingerprint density at radius 2 is 2.14 bits per heavy atom. The van der Waals surface area contributed by atoms with Gasteiger partial charge in [-0.2, -0.15) is 4.99 Å². The van der Waals surface area contributed by atoms with Crippen LogP contribution in [0.25, 0.3) is 0 Å². The van der Waals surface area contributed by atoms with Gasteiger partial charge in [0.15, 0.2) is 0 Å².